The van der Waals surface area contributed by atoms with Crippen molar-refractivity contribution in [2.45, 2.75) is 20.4 Å². The van der Waals surface area contributed by atoms with Crippen molar-refractivity contribution in [1.29, 1.82) is 0 Å². The molecule has 0 bridgehead atoms. The Morgan fingerprint density at radius 3 is 2.54 bits per heavy atom. The van der Waals surface area contributed by atoms with E-state index in [1.54, 1.807) is 19.1 Å². The largest absolute Gasteiger partial charge is 0.462 e. The molecule has 2 aromatic carbocycles. The molecule has 0 aliphatic carbocycles. The second-order valence-electron chi connectivity index (χ2n) is 6.49. The molecule has 3 rings (SSSR count). The molecule has 0 atom stereocenters. The summed E-state index contributed by atoms with van der Waals surface area (Å²) in [6, 6.07) is 18.6. The minimum absolute atomic E-state index is 0.00251. The fourth-order valence-corrected chi connectivity index (χ4v) is 2.92. The van der Waals surface area contributed by atoms with Gasteiger partial charge in [0.1, 0.15) is 0 Å². The lowest BCUT2D eigenvalue weighted by atomic mass is 10.1. The number of esters is 1. The predicted molar refractivity (Wildman–Crippen MR) is 110 cm³/mol. The van der Waals surface area contributed by atoms with E-state index in [4.69, 9.17) is 4.74 Å². The molecule has 0 saturated carbocycles. The summed E-state index contributed by atoms with van der Waals surface area (Å²) < 4.78 is 6.94. The highest BCUT2D eigenvalue weighted by Crippen LogP contribution is 2.13. The number of allylic oxidation sites excluding steroid dienone is 1. The van der Waals surface area contributed by atoms with E-state index in [1.807, 2.05) is 78.4 Å². The van der Waals surface area contributed by atoms with Gasteiger partial charge in [-0.3, -0.25) is 4.79 Å². The first-order valence-electron chi connectivity index (χ1n) is 9.28. The third-order valence-corrected chi connectivity index (χ3v) is 4.39. The maximum Gasteiger partial charge on any atom is 0.338 e. The van der Waals surface area contributed by atoms with Crippen molar-refractivity contribution in [3.63, 3.8) is 0 Å². The van der Waals surface area contributed by atoms with Crippen molar-refractivity contribution in [3.05, 3.63) is 101 Å². The first-order valence-corrected chi connectivity index (χ1v) is 9.28. The lowest BCUT2D eigenvalue weighted by molar-refractivity contribution is 0.0526. The van der Waals surface area contributed by atoms with Crippen molar-refractivity contribution in [1.82, 2.24) is 4.57 Å². The number of benzene rings is 2. The molecule has 0 amide bonds. The van der Waals surface area contributed by atoms with Crippen LogP contribution in [0.4, 0.5) is 0 Å². The molecular formula is C24H23NO3. The third-order valence-electron chi connectivity index (χ3n) is 4.39. The van der Waals surface area contributed by atoms with Crippen LogP contribution in [0.25, 0.3) is 6.08 Å². The Balaban J connectivity index is 1.71. The highest BCUT2D eigenvalue weighted by Gasteiger charge is 2.12. The SMILES string of the molecule is CCOC(=O)c1cccc(C=CCn2cccc2C(=O)c2ccc(C)cc2)c1. The van der Waals surface area contributed by atoms with Crippen LogP contribution in [0.3, 0.4) is 0 Å². The number of ketones is 1. The summed E-state index contributed by atoms with van der Waals surface area (Å²) in [6.07, 6.45) is 5.79. The van der Waals surface area contributed by atoms with Gasteiger partial charge in [-0.05, 0) is 43.7 Å². The van der Waals surface area contributed by atoms with Gasteiger partial charge in [0.15, 0.2) is 0 Å². The predicted octanol–water partition coefficient (Wildman–Crippen LogP) is 4.92. The molecule has 142 valence electrons. The highest BCUT2D eigenvalue weighted by molar-refractivity contribution is 6.08. The molecule has 0 spiro atoms. The highest BCUT2D eigenvalue weighted by atomic mass is 16.5. The molecule has 0 aliphatic heterocycles. The Labute approximate surface area is 165 Å². The smallest absolute Gasteiger partial charge is 0.338 e. The summed E-state index contributed by atoms with van der Waals surface area (Å²) >= 11 is 0. The lowest BCUT2D eigenvalue weighted by Gasteiger charge is -2.07. The number of rotatable bonds is 7. The zero-order valence-corrected chi connectivity index (χ0v) is 16.1. The molecule has 0 aliphatic rings. The van der Waals surface area contributed by atoms with E-state index >= 15 is 0 Å². The van der Waals surface area contributed by atoms with Gasteiger partial charge in [-0.1, -0.05) is 54.1 Å². The Hall–Kier alpha value is -3.40. The Morgan fingerprint density at radius 2 is 1.79 bits per heavy atom. The molecule has 0 unspecified atom stereocenters. The molecule has 0 N–H and O–H groups in total. The first-order chi connectivity index (χ1) is 13.6. The zero-order chi connectivity index (χ0) is 19.9. The quantitative estimate of drug-likeness (QED) is 0.436. The molecule has 0 radical (unpaired) electrons. The molecule has 1 heterocycles. The number of aromatic nitrogens is 1. The average Bonchev–Trinajstić information content (AvgIpc) is 3.17. The van der Waals surface area contributed by atoms with E-state index in [1.165, 1.54) is 0 Å². The molecular weight excluding hydrogens is 350 g/mol. The van der Waals surface area contributed by atoms with Gasteiger partial charge in [-0.2, -0.15) is 0 Å². The Morgan fingerprint density at radius 1 is 1.00 bits per heavy atom. The van der Waals surface area contributed by atoms with Crippen molar-refractivity contribution >= 4 is 17.8 Å². The number of carbonyl (C=O) groups excluding carboxylic acids is 2. The number of aryl methyl sites for hydroxylation is 1. The fraction of sp³-hybridized carbons (Fsp3) is 0.167. The van der Waals surface area contributed by atoms with E-state index < -0.39 is 0 Å². The van der Waals surface area contributed by atoms with Gasteiger partial charge in [0.05, 0.1) is 17.9 Å². The van der Waals surface area contributed by atoms with Crippen LogP contribution < -0.4 is 0 Å². The molecule has 4 nitrogen and oxygen atoms in total. The number of ether oxygens (including phenoxy) is 1. The van der Waals surface area contributed by atoms with Crippen LogP contribution >= 0.6 is 0 Å². The van der Waals surface area contributed by atoms with Crippen LogP contribution in [-0.4, -0.2) is 22.9 Å². The van der Waals surface area contributed by atoms with Crippen LogP contribution in [0, 0.1) is 6.92 Å². The van der Waals surface area contributed by atoms with E-state index in [-0.39, 0.29) is 11.8 Å². The molecule has 0 saturated heterocycles. The van der Waals surface area contributed by atoms with Gasteiger partial charge >= 0.3 is 5.97 Å². The van der Waals surface area contributed by atoms with Gasteiger partial charge in [-0.15, -0.1) is 0 Å². The van der Waals surface area contributed by atoms with Crippen LogP contribution in [0.15, 0.2) is 72.9 Å². The van der Waals surface area contributed by atoms with E-state index in [2.05, 4.69) is 0 Å². The van der Waals surface area contributed by atoms with Crippen molar-refractivity contribution in [2.75, 3.05) is 6.61 Å². The Bertz CT molecular complexity index is 997. The standard InChI is InChI=1S/C24H23NO3/c1-3-28-24(27)21-9-4-7-19(17-21)8-5-15-25-16-6-10-22(25)23(26)20-13-11-18(2)12-14-20/h4-14,16-17H,3,15H2,1-2H3. The number of carbonyl (C=O) groups is 2. The summed E-state index contributed by atoms with van der Waals surface area (Å²) in [5.74, 6) is -0.322. The summed E-state index contributed by atoms with van der Waals surface area (Å²) in [4.78, 5) is 24.6. The normalized spacial score (nSPS) is 10.9. The maximum atomic E-state index is 12.8. The number of hydrogen-bond donors (Lipinski definition) is 0. The summed E-state index contributed by atoms with van der Waals surface area (Å²) in [6.45, 7) is 4.70. The summed E-state index contributed by atoms with van der Waals surface area (Å²) in [5.41, 5.74) is 3.88. The molecule has 4 heteroatoms. The van der Waals surface area contributed by atoms with E-state index in [0.717, 1.165) is 11.1 Å². The van der Waals surface area contributed by atoms with Crippen LogP contribution in [-0.2, 0) is 11.3 Å². The minimum Gasteiger partial charge on any atom is -0.462 e. The first kappa shape index (κ1) is 19.4. The zero-order valence-electron chi connectivity index (χ0n) is 16.1. The van der Waals surface area contributed by atoms with Crippen molar-refractivity contribution < 1.29 is 14.3 Å². The topological polar surface area (TPSA) is 48.3 Å². The maximum absolute atomic E-state index is 12.8. The molecule has 0 fully saturated rings. The number of nitrogens with zero attached hydrogens (tertiary/aromatic N) is 1. The second-order valence-corrected chi connectivity index (χ2v) is 6.49. The van der Waals surface area contributed by atoms with Gasteiger partial charge in [0.25, 0.3) is 0 Å². The van der Waals surface area contributed by atoms with Crippen LogP contribution in [0.2, 0.25) is 0 Å². The summed E-state index contributed by atoms with van der Waals surface area (Å²) in [7, 11) is 0. The van der Waals surface area contributed by atoms with Gasteiger partial charge in [0.2, 0.25) is 5.78 Å². The molecule has 28 heavy (non-hydrogen) atoms. The summed E-state index contributed by atoms with van der Waals surface area (Å²) in [5, 5.41) is 0. The Kier molecular flexibility index (Phi) is 6.22. The third kappa shape index (κ3) is 4.65. The monoisotopic (exact) mass is 373 g/mol. The van der Waals surface area contributed by atoms with Crippen LogP contribution in [0.5, 0.6) is 0 Å². The van der Waals surface area contributed by atoms with Crippen LogP contribution in [0.1, 0.15) is 44.5 Å². The van der Waals surface area contributed by atoms with Gasteiger partial charge in [-0.25, -0.2) is 4.79 Å². The van der Waals surface area contributed by atoms with E-state index in [9.17, 15) is 9.59 Å². The second kappa shape index (κ2) is 9.00. The van der Waals surface area contributed by atoms with Gasteiger partial charge in [0, 0.05) is 18.3 Å². The van der Waals surface area contributed by atoms with Gasteiger partial charge < -0.3 is 9.30 Å². The average molecular weight is 373 g/mol. The molecule has 3 aromatic rings. The minimum atomic E-state index is -0.325. The molecule has 1 aromatic heterocycles. The fourth-order valence-electron chi connectivity index (χ4n) is 2.92. The number of hydrogen-bond acceptors (Lipinski definition) is 3. The van der Waals surface area contributed by atoms with Crippen molar-refractivity contribution in [2.24, 2.45) is 0 Å². The van der Waals surface area contributed by atoms with Crippen molar-refractivity contribution in [3.8, 4) is 0 Å². The van der Waals surface area contributed by atoms with E-state index in [0.29, 0.717) is 30.0 Å². The lowest BCUT2D eigenvalue weighted by Crippen LogP contribution is -2.09.